The van der Waals surface area contributed by atoms with Crippen LogP contribution in [0, 0.1) is 12.7 Å². The number of halogens is 3. The molecule has 0 radical (unpaired) electrons. The number of amides is 1. The number of benzene rings is 3. The fourth-order valence-corrected chi connectivity index (χ4v) is 4.43. The molecule has 156 valence electrons. The first-order valence-electron chi connectivity index (χ1n) is 8.77. The Morgan fingerprint density at radius 2 is 1.63 bits per heavy atom. The zero-order valence-corrected chi connectivity index (χ0v) is 18.1. The van der Waals surface area contributed by atoms with Crippen molar-refractivity contribution >= 4 is 50.5 Å². The number of rotatable bonds is 6. The number of hydrogen-bond donors (Lipinski definition) is 1. The summed E-state index contributed by atoms with van der Waals surface area (Å²) in [5, 5.41) is 3.17. The number of hydrogen-bond acceptors (Lipinski definition) is 3. The molecule has 1 amide bonds. The van der Waals surface area contributed by atoms with Crippen LogP contribution in [-0.2, 0) is 14.8 Å². The van der Waals surface area contributed by atoms with Crippen LogP contribution in [0.25, 0.3) is 0 Å². The fourth-order valence-electron chi connectivity index (χ4n) is 2.67. The van der Waals surface area contributed by atoms with E-state index < -0.39 is 28.3 Å². The van der Waals surface area contributed by atoms with Crippen molar-refractivity contribution in [3.05, 3.63) is 88.2 Å². The molecule has 3 aromatic carbocycles. The number of sulfonamides is 1. The summed E-state index contributed by atoms with van der Waals surface area (Å²) in [6.45, 7) is 1.28. The highest BCUT2D eigenvalue weighted by molar-refractivity contribution is 7.92. The average molecular weight is 467 g/mol. The van der Waals surface area contributed by atoms with Crippen LogP contribution in [0.5, 0.6) is 0 Å². The molecule has 0 saturated heterocycles. The third kappa shape index (κ3) is 5.11. The summed E-state index contributed by atoms with van der Waals surface area (Å²) >= 11 is 12.0. The Labute approximate surface area is 184 Å². The minimum absolute atomic E-state index is 0.00557. The van der Waals surface area contributed by atoms with Crippen LogP contribution in [0.15, 0.2) is 71.6 Å². The van der Waals surface area contributed by atoms with E-state index in [1.165, 1.54) is 36.4 Å². The SMILES string of the molecule is Cc1ccc(S(=O)(=O)N(CC(=O)Nc2cc(Cl)ccc2Cl)c2ccc(F)cc2)cc1. The lowest BCUT2D eigenvalue weighted by Crippen LogP contribution is -2.38. The zero-order chi connectivity index (χ0) is 21.9. The Balaban J connectivity index is 1.95. The molecule has 0 aliphatic heterocycles. The van der Waals surface area contributed by atoms with Crippen molar-refractivity contribution in [2.24, 2.45) is 0 Å². The Kier molecular flexibility index (Phi) is 6.65. The van der Waals surface area contributed by atoms with E-state index in [-0.39, 0.29) is 21.3 Å². The molecule has 0 aromatic heterocycles. The summed E-state index contributed by atoms with van der Waals surface area (Å²) in [7, 11) is -4.10. The van der Waals surface area contributed by atoms with E-state index in [9.17, 15) is 17.6 Å². The Bertz CT molecular complexity index is 1170. The lowest BCUT2D eigenvalue weighted by atomic mass is 10.2. The van der Waals surface area contributed by atoms with Crippen molar-refractivity contribution in [1.29, 1.82) is 0 Å². The van der Waals surface area contributed by atoms with Crippen LogP contribution in [0.2, 0.25) is 10.0 Å². The summed E-state index contributed by atoms with van der Waals surface area (Å²) < 4.78 is 40.8. The highest BCUT2D eigenvalue weighted by Crippen LogP contribution is 2.27. The Hall–Kier alpha value is -2.61. The molecule has 9 heteroatoms. The first-order chi connectivity index (χ1) is 14.2. The number of carbonyl (C=O) groups excluding carboxylic acids is 1. The Morgan fingerprint density at radius 1 is 1.00 bits per heavy atom. The molecule has 5 nitrogen and oxygen atoms in total. The summed E-state index contributed by atoms with van der Waals surface area (Å²) in [6, 6.07) is 15.6. The van der Waals surface area contributed by atoms with Crippen molar-refractivity contribution in [1.82, 2.24) is 0 Å². The standard InChI is InChI=1S/C21H17Cl2FN2O3S/c1-14-2-9-18(10-3-14)30(28,29)26(17-7-5-16(24)6-8-17)13-21(27)25-20-12-15(22)4-11-19(20)23/h2-12H,13H2,1H3,(H,25,27). The van der Waals surface area contributed by atoms with Gasteiger partial charge >= 0.3 is 0 Å². The van der Waals surface area contributed by atoms with Gasteiger partial charge in [0, 0.05) is 5.02 Å². The first kappa shape index (κ1) is 22.1. The van der Waals surface area contributed by atoms with Crippen LogP contribution in [0.1, 0.15) is 5.56 Å². The van der Waals surface area contributed by atoms with Crippen LogP contribution in [-0.4, -0.2) is 20.9 Å². The van der Waals surface area contributed by atoms with Crippen molar-refractivity contribution in [2.45, 2.75) is 11.8 Å². The average Bonchev–Trinajstić information content (AvgIpc) is 2.70. The number of carbonyl (C=O) groups is 1. The van der Waals surface area contributed by atoms with Crippen molar-refractivity contribution in [3.8, 4) is 0 Å². The van der Waals surface area contributed by atoms with Gasteiger partial charge in [-0.1, -0.05) is 40.9 Å². The predicted octanol–water partition coefficient (Wildman–Crippen LogP) is 5.27. The smallest absolute Gasteiger partial charge is 0.264 e. The van der Waals surface area contributed by atoms with Gasteiger partial charge in [-0.3, -0.25) is 9.10 Å². The minimum Gasteiger partial charge on any atom is -0.323 e. The molecule has 0 bridgehead atoms. The zero-order valence-electron chi connectivity index (χ0n) is 15.8. The quantitative estimate of drug-likeness (QED) is 0.537. The summed E-state index contributed by atoms with van der Waals surface area (Å²) in [5.74, 6) is -1.17. The van der Waals surface area contributed by atoms with E-state index in [0.717, 1.165) is 22.0 Å². The molecule has 0 aliphatic rings. The van der Waals surface area contributed by atoms with Crippen molar-refractivity contribution in [3.63, 3.8) is 0 Å². The molecule has 0 atom stereocenters. The number of anilines is 2. The van der Waals surface area contributed by atoms with E-state index >= 15 is 0 Å². The summed E-state index contributed by atoms with van der Waals surface area (Å²) in [4.78, 5) is 12.7. The maximum absolute atomic E-state index is 13.4. The second-order valence-corrected chi connectivity index (χ2v) is 9.18. The normalized spacial score (nSPS) is 11.2. The topological polar surface area (TPSA) is 66.5 Å². The third-order valence-corrected chi connectivity index (χ3v) is 6.57. The van der Waals surface area contributed by atoms with Gasteiger partial charge in [-0.2, -0.15) is 0 Å². The van der Waals surface area contributed by atoms with Crippen LogP contribution in [0.4, 0.5) is 15.8 Å². The molecule has 0 saturated carbocycles. The van der Waals surface area contributed by atoms with Crippen LogP contribution >= 0.6 is 23.2 Å². The van der Waals surface area contributed by atoms with Gasteiger partial charge in [-0.05, 0) is 61.5 Å². The number of aryl methyl sites for hydroxylation is 1. The highest BCUT2D eigenvalue weighted by Gasteiger charge is 2.27. The minimum atomic E-state index is -4.10. The summed E-state index contributed by atoms with van der Waals surface area (Å²) in [6.07, 6.45) is 0. The van der Waals surface area contributed by atoms with E-state index in [4.69, 9.17) is 23.2 Å². The second kappa shape index (κ2) is 9.04. The van der Waals surface area contributed by atoms with Gasteiger partial charge in [0.25, 0.3) is 10.0 Å². The molecule has 0 spiro atoms. The number of nitrogens with one attached hydrogen (secondary N) is 1. The van der Waals surface area contributed by atoms with Crippen molar-refractivity contribution < 1.29 is 17.6 Å². The second-order valence-electron chi connectivity index (χ2n) is 6.47. The molecule has 0 unspecified atom stereocenters. The molecule has 0 aliphatic carbocycles. The molecule has 0 fully saturated rings. The largest absolute Gasteiger partial charge is 0.323 e. The lowest BCUT2D eigenvalue weighted by Gasteiger charge is -2.24. The Morgan fingerprint density at radius 3 is 2.27 bits per heavy atom. The van der Waals surface area contributed by atoms with Crippen LogP contribution < -0.4 is 9.62 Å². The van der Waals surface area contributed by atoms with Gasteiger partial charge in [0.1, 0.15) is 12.4 Å². The maximum Gasteiger partial charge on any atom is 0.264 e. The van der Waals surface area contributed by atoms with E-state index in [1.54, 1.807) is 18.2 Å². The number of nitrogens with zero attached hydrogens (tertiary/aromatic N) is 1. The van der Waals surface area contributed by atoms with Gasteiger partial charge < -0.3 is 5.32 Å². The van der Waals surface area contributed by atoms with E-state index in [1.807, 2.05) is 6.92 Å². The van der Waals surface area contributed by atoms with Gasteiger partial charge in [0.05, 0.1) is 21.3 Å². The van der Waals surface area contributed by atoms with E-state index in [0.29, 0.717) is 5.02 Å². The molecule has 0 heterocycles. The van der Waals surface area contributed by atoms with Crippen LogP contribution in [0.3, 0.4) is 0 Å². The first-order valence-corrected chi connectivity index (χ1v) is 11.0. The molecule has 1 N–H and O–H groups in total. The molecular weight excluding hydrogens is 450 g/mol. The maximum atomic E-state index is 13.4. The predicted molar refractivity (Wildman–Crippen MR) is 117 cm³/mol. The molecule has 3 aromatic rings. The molecule has 3 rings (SSSR count). The van der Waals surface area contributed by atoms with Gasteiger partial charge in [0.15, 0.2) is 0 Å². The third-order valence-electron chi connectivity index (χ3n) is 4.21. The van der Waals surface area contributed by atoms with E-state index in [2.05, 4.69) is 5.32 Å². The van der Waals surface area contributed by atoms with Gasteiger partial charge in [0.2, 0.25) is 5.91 Å². The fraction of sp³-hybridized carbons (Fsp3) is 0.0952. The van der Waals surface area contributed by atoms with Gasteiger partial charge in [-0.25, -0.2) is 12.8 Å². The lowest BCUT2D eigenvalue weighted by molar-refractivity contribution is -0.114. The monoisotopic (exact) mass is 466 g/mol. The molecule has 30 heavy (non-hydrogen) atoms. The van der Waals surface area contributed by atoms with Crippen molar-refractivity contribution in [2.75, 3.05) is 16.2 Å². The molecular formula is C21H17Cl2FN2O3S. The van der Waals surface area contributed by atoms with Gasteiger partial charge in [-0.15, -0.1) is 0 Å². The summed E-state index contributed by atoms with van der Waals surface area (Å²) in [5.41, 5.74) is 1.28. The highest BCUT2D eigenvalue weighted by atomic mass is 35.5.